The molecule has 42 heavy (non-hydrogen) atoms. The number of hydrogen-bond donors (Lipinski definition) is 2. The van der Waals surface area contributed by atoms with E-state index in [0.29, 0.717) is 35.1 Å². The molecule has 0 heterocycles. The van der Waals surface area contributed by atoms with E-state index < -0.39 is 20.8 Å². The minimum atomic E-state index is -4.93. The lowest BCUT2D eigenvalue weighted by atomic mass is 9.77. The molecule has 4 atom stereocenters. The molecule has 0 spiro atoms. The van der Waals surface area contributed by atoms with Crippen LogP contribution in [0, 0.1) is 0 Å². The highest BCUT2D eigenvalue weighted by molar-refractivity contribution is 7.81. The van der Waals surface area contributed by atoms with Gasteiger partial charge < -0.3 is 8.37 Å². The Morgan fingerprint density at radius 3 is 1.00 bits per heavy atom. The molecule has 0 amide bonds. The molecule has 210 valence electrons. The van der Waals surface area contributed by atoms with Crippen LogP contribution in [0.5, 0.6) is 11.5 Å². The van der Waals surface area contributed by atoms with Gasteiger partial charge in [0, 0.05) is 45.9 Å². The summed E-state index contributed by atoms with van der Waals surface area (Å²) in [6, 6.07) is 24.2. The summed E-state index contributed by atoms with van der Waals surface area (Å²) in [5, 5.41) is 4.10. The number of hydrogen-bond acceptors (Lipinski definition) is 6. The maximum absolute atomic E-state index is 12.3. The zero-order valence-electron chi connectivity index (χ0n) is 21.8. The third-order valence-corrected chi connectivity index (χ3v) is 10.4. The van der Waals surface area contributed by atoms with Crippen molar-refractivity contribution in [2.24, 2.45) is 0 Å². The minimum absolute atomic E-state index is 0.0443. The van der Waals surface area contributed by atoms with Crippen LogP contribution in [0.3, 0.4) is 0 Å². The molecule has 0 fully saturated rings. The highest BCUT2D eigenvalue weighted by Gasteiger charge is 2.54. The third kappa shape index (κ3) is 3.29. The Bertz CT molecular complexity index is 2010. The molecule has 0 radical (unpaired) electrons. The molecule has 4 bridgehead atoms. The van der Waals surface area contributed by atoms with E-state index in [1.165, 1.54) is 0 Å². The molecule has 5 aromatic carbocycles. The van der Waals surface area contributed by atoms with Crippen molar-refractivity contribution in [3.63, 3.8) is 0 Å². The van der Waals surface area contributed by atoms with E-state index in [4.69, 9.17) is 8.37 Å². The second kappa shape index (κ2) is 7.90. The summed E-state index contributed by atoms with van der Waals surface area (Å²) >= 11 is 0. The normalized spacial score (nSPS) is 22.7. The lowest BCUT2D eigenvalue weighted by Gasteiger charge is -2.30. The van der Waals surface area contributed by atoms with Crippen LogP contribution in [0.25, 0.3) is 21.5 Å². The summed E-state index contributed by atoms with van der Waals surface area (Å²) in [5.41, 5.74) is 5.97. The van der Waals surface area contributed by atoms with Crippen molar-refractivity contribution >= 4 is 42.3 Å². The van der Waals surface area contributed by atoms with Crippen LogP contribution in [0.15, 0.2) is 72.8 Å². The maximum Gasteiger partial charge on any atom is 0.446 e. The van der Waals surface area contributed by atoms with Crippen LogP contribution in [0.4, 0.5) is 0 Å². The molecule has 10 heteroatoms. The molecular weight excluding hydrogens is 576 g/mol. The molecule has 0 saturated carbocycles. The van der Waals surface area contributed by atoms with Crippen molar-refractivity contribution in [2.45, 2.75) is 36.5 Å². The molecule has 2 N–H and O–H groups in total. The van der Waals surface area contributed by atoms with E-state index in [-0.39, 0.29) is 35.2 Å². The Kier molecular flexibility index (Phi) is 4.63. The van der Waals surface area contributed by atoms with E-state index in [0.717, 1.165) is 43.8 Å². The molecule has 8 nitrogen and oxygen atoms in total. The van der Waals surface area contributed by atoms with Gasteiger partial charge in [0.05, 0.1) is 0 Å². The third-order valence-electron chi connectivity index (χ3n) is 9.68. The molecule has 5 aromatic rings. The smallest absolute Gasteiger partial charge is 0.361 e. The molecule has 0 aromatic heterocycles. The Hall–Kier alpha value is -3.96. The van der Waals surface area contributed by atoms with E-state index in [1.54, 1.807) is 0 Å². The van der Waals surface area contributed by atoms with Gasteiger partial charge in [-0.3, -0.25) is 9.11 Å². The molecule has 9 rings (SSSR count). The standard InChI is InChI=1S/C32H22O8S2/c33-41(34,35)39-31-27-23-13-24(20-10-16-6-2-1-5-15(16)9-19(20)23)28(27)32(40-42(36,37)38)30-26-14-25(29(30)31)21-11-17-7-3-4-8-18(17)12-22(21)26/h1-12,23-26H,13-14H2,(H,33,34,35)(H,36,37,38)/t23-,24+,25-,26+. The fourth-order valence-electron chi connectivity index (χ4n) is 8.38. The number of rotatable bonds is 4. The van der Waals surface area contributed by atoms with Gasteiger partial charge in [-0.15, -0.1) is 0 Å². The second-order valence-electron chi connectivity index (χ2n) is 11.7. The van der Waals surface area contributed by atoms with Crippen LogP contribution < -0.4 is 8.37 Å². The van der Waals surface area contributed by atoms with Gasteiger partial charge in [-0.1, -0.05) is 72.8 Å². The van der Waals surface area contributed by atoms with Crippen molar-refractivity contribution in [2.75, 3.05) is 0 Å². The first-order valence-electron chi connectivity index (χ1n) is 13.7. The number of fused-ring (bicyclic) bond motifs is 18. The lowest BCUT2D eigenvalue weighted by molar-refractivity contribution is 0.375. The average molecular weight is 599 g/mol. The average Bonchev–Trinajstić information content (AvgIpc) is 3.69. The summed E-state index contributed by atoms with van der Waals surface area (Å²) < 4.78 is 80.2. The van der Waals surface area contributed by atoms with Crippen LogP contribution in [-0.4, -0.2) is 25.9 Å². The van der Waals surface area contributed by atoms with Crippen molar-refractivity contribution in [1.29, 1.82) is 0 Å². The molecule has 4 aliphatic rings. The Labute approximate surface area is 241 Å². The lowest BCUT2D eigenvalue weighted by Crippen LogP contribution is -2.19. The summed E-state index contributed by atoms with van der Waals surface area (Å²) in [7, 11) is -9.87. The van der Waals surface area contributed by atoms with Gasteiger partial charge >= 0.3 is 20.8 Å². The van der Waals surface area contributed by atoms with Gasteiger partial charge in [0.2, 0.25) is 0 Å². The van der Waals surface area contributed by atoms with Gasteiger partial charge in [0.1, 0.15) is 0 Å². The van der Waals surface area contributed by atoms with Crippen molar-refractivity contribution < 1.29 is 34.3 Å². The highest BCUT2D eigenvalue weighted by Crippen LogP contribution is 2.69. The van der Waals surface area contributed by atoms with Gasteiger partial charge in [-0.2, -0.15) is 16.8 Å². The van der Waals surface area contributed by atoms with Gasteiger partial charge in [-0.05, 0) is 56.6 Å². The second-order valence-corrected chi connectivity index (χ2v) is 13.7. The summed E-state index contributed by atoms with van der Waals surface area (Å²) in [4.78, 5) is 0. The highest BCUT2D eigenvalue weighted by atomic mass is 32.3. The first-order valence-corrected chi connectivity index (χ1v) is 16.4. The van der Waals surface area contributed by atoms with Crippen LogP contribution in [-0.2, 0) is 20.8 Å². The quantitative estimate of drug-likeness (QED) is 0.230. The van der Waals surface area contributed by atoms with E-state index in [1.807, 2.05) is 48.5 Å². The Balaban J connectivity index is 1.37. The topological polar surface area (TPSA) is 127 Å². The van der Waals surface area contributed by atoms with Gasteiger partial charge in [0.15, 0.2) is 11.5 Å². The predicted molar refractivity (Wildman–Crippen MR) is 155 cm³/mol. The fourth-order valence-corrected chi connectivity index (χ4v) is 9.16. The molecule has 0 unspecified atom stereocenters. The van der Waals surface area contributed by atoms with Crippen molar-refractivity contribution in [3.05, 3.63) is 117 Å². The molecule has 0 aliphatic heterocycles. The zero-order chi connectivity index (χ0) is 28.7. The van der Waals surface area contributed by atoms with Crippen LogP contribution >= 0.6 is 0 Å². The SMILES string of the molecule is O=S(=O)(O)Oc1c2c(c(OS(=O)(=O)O)c3c1[C@@H]1C[C@H]3c3cc4ccccc4cc31)[C@H]1C[C@@H]2c2cc3ccccc3cc21. The fraction of sp³-hybridized carbons (Fsp3) is 0.188. The van der Waals surface area contributed by atoms with E-state index in [2.05, 4.69) is 24.3 Å². The Morgan fingerprint density at radius 1 is 0.500 bits per heavy atom. The first-order chi connectivity index (χ1) is 20.1. The summed E-state index contributed by atoms with van der Waals surface area (Å²) in [6.45, 7) is 0. The molecule has 4 aliphatic carbocycles. The van der Waals surface area contributed by atoms with Crippen LogP contribution in [0.1, 0.15) is 81.0 Å². The summed E-state index contributed by atoms with van der Waals surface area (Å²) in [5.74, 6) is -1.17. The zero-order valence-corrected chi connectivity index (χ0v) is 23.4. The monoisotopic (exact) mass is 598 g/mol. The Morgan fingerprint density at radius 2 is 0.762 bits per heavy atom. The van der Waals surface area contributed by atoms with E-state index >= 15 is 0 Å². The maximum atomic E-state index is 12.3. The largest absolute Gasteiger partial charge is 0.446 e. The van der Waals surface area contributed by atoms with Crippen molar-refractivity contribution in [3.8, 4) is 11.5 Å². The number of benzene rings is 5. The predicted octanol–water partition coefficient (Wildman–Crippen LogP) is 6.32. The molecular formula is C32H22O8S2. The van der Waals surface area contributed by atoms with Crippen LogP contribution in [0.2, 0.25) is 0 Å². The summed E-state index contributed by atoms with van der Waals surface area (Å²) in [6.07, 6.45) is 1.11. The van der Waals surface area contributed by atoms with Crippen molar-refractivity contribution in [1.82, 2.24) is 0 Å². The van der Waals surface area contributed by atoms with E-state index in [9.17, 15) is 25.9 Å². The first kappa shape index (κ1) is 24.6. The molecule has 0 saturated heterocycles. The van der Waals surface area contributed by atoms with Gasteiger partial charge in [0.25, 0.3) is 0 Å². The minimum Gasteiger partial charge on any atom is -0.361 e. The van der Waals surface area contributed by atoms with Gasteiger partial charge in [-0.25, -0.2) is 0 Å².